The lowest BCUT2D eigenvalue weighted by Gasteiger charge is -2.33. The van der Waals surface area contributed by atoms with Gasteiger partial charge in [0.1, 0.15) is 17.3 Å². The van der Waals surface area contributed by atoms with Crippen LogP contribution in [0.2, 0.25) is 0 Å². The third kappa shape index (κ3) is 3.91. The third-order valence-electron chi connectivity index (χ3n) is 4.71. The monoisotopic (exact) mass is 423 g/mol. The Kier molecular flexibility index (Phi) is 5.76. The Labute approximate surface area is 178 Å². The number of pyridine rings is 1. The molecule has 30 heavy (non-hydrogen) atoms. The van der Waals surface area contributed by atoms with E-state index >= 15 is 0 Å². The summed E-state index contributed by atoms with van der Waals surface area (Å²) in [6.07, 6.45) is 1.63. The first-order valence-corrected chi connectivity index (χ1v) is 10.6. The average molecular weight is 423 g/mol. The molecule has 0 N–H and O–H groups in total. The molecule has 0 radical (unpaired) electrons. The number of esters is 1. The van der Waals surface area contributed by atoms with Crippen molar-refractivity contribution in [1.29, 1.82) is 0 Å². The van der Waals surface area contributed by atoms with E-state index in [2.05, 4.69) is 9.97 Å². The van der Waals surface area contributed by atoms with Crippen molar-refractivity contribution in [3.05, 3.63) is 48.0 Å². The second kappa shape index (κ2) is 8.62. The number of anilines is 1. The molecule has 0 aliphatic carbocycles. The Hall–Kier alpha value is -3.26. The van der Waals surface area contributed by atoms with E-state index in [4.69, 9.17) is 9.47 Å². The average Bonchev–Trinajstić information content (AvgIpc) is 3.26. The van der Waals surface area contributed by atoms with Crippen LogP contribution in [0.5, 0.6) is 5.75 Å². The summed E-state index contributed by atoms with van der Waals surface area (Å²) in [6, 6.07) is 11.2. The maximum Gasteiger partial charge on any atom is 0.326 e. The summed E-state index contributed by atoms with van der Waals surface area (Å²) in [5.41, 5.74) is 2.94. The van der Waals surface area contributed by atoms with Gasteiger partial charge < -0.3 is 9.47 Å². The Morgan fingerprint density at radius 2 is 2.10 bits per heavy atom. The number of aromatic nitrogens is 2. The van der Waals surface area contributed by atoms with Crippen molar-refractivity contribution in [2.45, 2.75) is 26.4 Å². The molecule has 7 nitrogen and oxygen atoms in total. The van der Waals surface area contributed by atoms with Crippen molar-refractivity contribution in [2.24, 2.45) is 0 Å². The fourth-order valence-corrected chi connectivity index (χ4v) is 4.06. The second-order valence-corrected chi connectivity index (χ2v) is 7.54. The van der Waals surface area contributed by atoms with Crippen LogP contribution in [0.3, 0.4) is 0 Å². The van der Waals surface area contributed by atoms with E-state index in [1.54, 1.807) is 13.1 Å². The Morgan fingerprint density at radius 1 is 1.23 bits per heavy atom. The zero-order chi connectivity index (χ0) is 21.1. The van der Waals surface area contributed by atoms with Crippen LogP contribution < -0.4 is 9.64 Å². The molecular weight excluding hydrogens is 402 g/mol. The lowest BCUT2D eigenvalue weighted by atomic mass is 10.1. The van der Waals surface area contributed by atoms with E-state index in [1.165, 1.54) is 16.2 Å². The number of carbonyl (C=O) groups is 2. The van der Waals surface area contributed by atoms with Gasteiger partial charge in [0.25, 0.3) is 5.91 Å². The minimum atomic E-state index is -0.618. The molecule has 1 amide bonds. The molecule has 2 aromatic heterocycles. The van der Waals surface area contributed by atoms with Crippen LogP contribution in [-0.4, -0.2) is 41.1 Å². The third-order valence-corrected chi connectivity index (χ3v) is 5.57. The van der Waals surface area contributed by atoms with Gasteiger partial charge in [-0.1, -0.05) is 13.0 Å². The first-order chi connectivity index (χ1) is 14.6. The van der Waals surface area contributed by atoms with E-state index in [0.29, 0.717) is 17.9 Å². The SMILES string of the molecule is CCOC(=O)CN1C(=O)C(CC)Oc2ccc(-c3csc(-c4ccccn4)n3)cc21. The van der Waals surface area contributed by atoms with Crippen LogP contribution in [0.25, 0.3) is 22.0 Å². The maximum atomic E-state index is 12.9. The fraction of sp³-hybridized carbons (Fsp3) is 0.273. The minimum absolute atomic E-state index is 0.154. The highest BCUT2D eigenvalue weighted by Crippen LogP contribution is 2.38. The van der Waals surface area contributed by atoms with Crippen molar-refractivity contribution in [3.8, 4) is 27.7 Å². The van der Waals surface area contributed by atoms with Crippen LogP contribution >= 0.6 is 11.3 Å². The summed E-state index contributed by atoms with van der Waals surface area (Å²) in [7, 11) is 0. The Balaban J connectivity index is 1.69. The highest BCUT2D eigenvalue weighted by molar-refractivity contribution is 7.13. The molecule has 1 atom stereocenters. The van der Waals surface area contributed by atoms with E-state index in [1.807, 2.05) is 48.7 Å². The van der Waals surface area contributed by atoms with Crippen molar-refractivity contribution < 1.29 is 19.1 Å². The number of carbonyl (C=O) groups excluding carboxylic acids is 2. The summed E-state index contributed by atoms with van der Waals surface area (Å²) in [4.78, 5) is 35.4. The first kappa shape index (κ1) is 20.0. The molecular formula is C22H21N3O4S. The molecule has 0 bridgehead atoms. The van der Waals surface area contributed by atoms with Crippen LogP contribution in [-0.2, 0) is 14.3 Å². The molecule has 1 unspecified atom stereocenters. The van der Waals surface area contributed by atoms with Gasteiger partial charge in [-0.2, -0.15) is 0 Å². The topological polar surface area (TPSA) is 81.6 Å². The van der Waals surface area contributed by atoms with Crippen LogP contribution in [0.4, 0.5) is 5.69 Å². The zero-order valence-corrected chi connectivity index (χ0v) is 17.5. The smallest absolute Gasteiger partial charge is 0.326 e. The summed E-state index contributed by atoms with van der Waals surface area (Å²) in [6.45, 7) is 3.72. The molecule has 0 fully saturated rings. The number of nitrogens with zero attached hydrogens (tertiary/aromatic N) is 3. The number of fused-ring (bicyclic) bond motifs is 1. The molecule has 3 aromatic rings. The molecule has 1 aliphatic heterocycles. The largest absolute Gasteiger partial charge is 0.478 e. The number of amides is 1. The summed E-state index contributed by atoms with van der Waals surface area (Å²) in [5, 5.41) is 2.76. The van der Waals surface area contributed by atoms with Gasteiger partial charge in [-0.3, -0.25) is 19.5 Å². The summed E-state index contributed by atoms with van der Waals surface area (Å²) < 4.78 is 10.9. The van der Waals surface area contributed by atoms with Gasteiger partial charge in [0, 0.05) is 17.1 Å². The number of hydrogen-bond donors (Lipinski definition) is 0. The molecule has 4 rings (SSSR count). The van der Waals surface area contributed by atoms with Crippen LogP contribution in [0, 0.1) is 0 Å². The molecule has 0 saturated heterocycles. The molecule has 154 valence electrons. The standard InChI is InChI=1S/C22H21N3O4S/c1-3-18-22(27)25(12-20(26)28-4-2)17-11-14(8-9-19(17)29-18)16-13-30-21(24-16)15-7-5-6-10-23-15/h5-11,13,18H,3-4,12H2,1-2H3. The second-order valence-electron chi connectivity index (χ2n) is 6.68. The van der Waals surface area contributed by atoms with Gasteiger partial charge in [-0.25, -0.2) is 4.98 Å². The van der Waals surface area contributed by atoms with Gasteiger partial charge in [0.2, 0.25) is 0 Å². The predicted molar refractivity (Wildman–Crippen MR) is 114 cm³/mol. The number of ether oxygens (including phenoxy) is 2. The van der Waals surface area contributed by atoms with Crippen molar-refractivity contribution in [1.82, 2.24) is 9.97 Å². The van der Waals surface area contributed by atoms with Crippen LogP contribution in [0.15, 0.2) is 48.0 Å². The first-order valence-electron chi connectivity index (χ1n) is 9.75. The highest BCUT2D eigenvalue weighted by Gasteiger charge is 2.35. The Bertz CT molecular complexity index is 1070. The molecule has 1 aromatic carbocycles. The van der Waals surface area contributed by atoms with Crippen molar-refractivity contribution in [3.63, 3.8) is 0 Å². The summed E-state index contributed by atoms with van der Waals surface area (Å²) in [5.74, 6) is -0.137. The lowest BCUT2D eigenvalue weighted by molar-refractivity contribution is -0.143. The minimum Gasteiger partial charge on any atom is -0.478 e. The van der Waals surface area contributed by atoms with Crippen molar-refractivity contribution >= 4 is 28.9 Å². The Morgan fingerprint density at radius 3 is 2.83 bits per heavy atom. The van der Waals surface area contributed by atoms with E-state index in [9.17, 15) is 9.59 Å². The molecule has 0 saturated carbocycles. The van der Waals surface area contributed by atoms with Gasteiger partial charge in [0.15, 0.2) is 6.10 Å². The van der Waals surface area contributed by atoms with Crippen molar-refractivity contribution in [2.75, 3.05) is 18.1 Å². The van der Waals surface area contributed by atoms with Gasteiger partial charge >= 0.3 is 5.97 Å². The van der Waals surface area contributed by atoms with Crippen LogP contribution in [0.1, 0.15) is 20.3 Å². The van der Waals surface area contributed by atoms with E-state index in [0.717, 1.165) is 22.0 Å². The van der Waals surface area contributed by atoms with Gasteiger partial charge in [0.05, 0.1) is 23.7 Å². The van der Waals surface area contributed by atoms with Gasteiger partial charge in [-0.05, 0) is 43.7 Å². The highest BCUT2D eigenvalue weighted by atomic mass is 32.1. The maximum absolute atomic E-state index is 12.9. The lowest BCUT2D eigenvalue weighted by Crippen LogP contribution is -2.48. The van der Waals surface area contributed by atoms with Gasteiger partial charge in [-0.15, -0.1) is 11.3 Å². The van der Waals surface area contributed by atoms with E-state index in [-0.39, 0.29) is 19.1 Å². The number of rotatable bonds is 6. The predicted octanol–water partition coefficient (Wildman–Crippen LogP) is 3.94. The molecule has 1 aliphatic rings. The van der Waals surface area contributed by atoms with E-state index < -0.39 is 12.1 Å². The molecule has 3 heterocycles. The zero-order valence-electron chi connectivity index (χ0n) is 16.7. The number of benzene rings is 1. The fourth-order valence-electron chi connectivity index (χ4n) is 3.25. The molecule has 8 heteroatoms. The normalized spacial score (nSPS) is 15.5. The molecule has 0 spiro atoms. The summed E-state index contributed by atoms with van der Waals surface area (Å²) >= 11 is 1.50. The number of hydrogen-bond acceptors (Lipinski definition) is 7. The quantitative estimate of drug-likeness (QED) is 0.559. The number of thiazole rings is 1.